The highest BCUT2D eigenvalue weighted by Crippen LogP contribution is 2.27. The van der Waals surface area contributed by atoms with Crippen LogP contribution in [0.4, 0.5) is 0 Å². The van der Waals surface area contributed by atoms with Crippen LogP contribution in [0.1, 0.15) is 24.0 Å². The number of benzene rings is 1. The van der Waals surface area contributed by atoms with Gasteiger partial charge in [-0.3, -0.25) is 0 Å². The molecule has 0 heterocycles. The second-order valence-corrected chi connectivity index (χ2v) is 3.22. The molecule has 1 rings (SSSR count). The molecule has 0 spiro atoms. The second-order valence-electron chi connectivity index (χ2n) is 2.84. The third kappa shape index (κ3) is 1.91. The largest absolute Gasteiger partial charge is 0.192 e. The molecule has 0 aliphatic heterocycles. The van der Waals surface area contributed by atoms with Crippen molar-refractivity contribution in [3.05, 3.63) is 47.0 Å². The quantitative estimate of drug-likeness (QED) is 0.657. The van der Waals surface area contributed by atoms with Crippen molar-refractivity contribution in [2.24, 2.45) is 0 Å². The molecular weight excluding hydrogens is 182 g/mol. The molecule has 0 fully saturated rings. The Morgan fingerprint density at radius 1 is 1.62 bits per heavy atom. The van der Waals surface area contributed by atoms with E-state index in [1.165, 1.54) is 0 Å². The Bertz CT molecular complexity index is 363. The van der Waals surface area contributed by atoms with Crippen LogP contribution in [0.2, 0.25) is 5.02 Å². The molecule has 1 unspecified atom stereocenters. The van der Waals surface area contributed by atoms with E-state index >= 15 is 0 Å². The van der Waals surface area contributed by atoms with Crippen LogP contribution in [0.15, 0.2) is 30.9 Å². The summed E-state index contributed by atoms with van der Waals surface area (Å²) in [5, 5.41) is 9.28. The zero-order valence-electron chi connectivity index (χ0n) is 7.42. The van der Waals surface area contributed by atoms with E-state index in [2.05, 4.69) is 6.58 Å². The van der Waals surface area contributed by atoms with Gasteiger partial charge in [0.25, 0.3) is 0 Å². The number of hydrogen-bond donors (Lipinski definition) is 0. The molecule has 0 saturated carbocycles. The van der Waals surface area contributed by atoms with Gasteiger partial charge in [0.15, 0.2) is 0 Å². The predicted molar refractivity (Wildman–Crippen MR) is 54.8 cm³/mol. The van der Waals surface area contributed by atoms with Crippen molar-refractivity contribution < 1.29 is 0 Å². The molecular formula is C11H10ClN. The highest BCUT2D eigenvalue weighted by atomic mass is 35.5. The Labute approximate surface area is 83.3 Å². The molecule has 1 aromatic carbocycles. The maximum Gasteiger partial charge on any atom is 0.101 e. The molecule has 1 aromatic rings. The van der Waals surface area contributed by atoms with E-state index in [1.54, 1.807) is 6.07 Å². The minimum atomic E-state index is 0.181. The maximum absolute atomic E-state index is 8.74. The third-order valence-electron chi connectivity index (χ3n) is 1.99. The fourth-order valence-corrected chi connectivity index (χ4v) is 1.46. The van der Waals surface area contributed by atoms with Gasteiger partial charge in [-0.2, -0.15) is 5.26 Å². The van der Waals surface area contributed by atoms with Crippen LogP contribution in [0.25, 0.3) is 0 Å². The van der Waals surface area contributed by atoms with Gasteiger partial charge >= 0.3 is 0 Å². The summed E-state index contributed by atoms with van der Waals surface area (Å²) in [5.74, 6) is 0.181. The van der Waals surface area contributed by atoms with Gasteiger partial charge in [0.05, 0.1) is 10.6 Å². The van der Waals surface area contributed by atoms with Crippen LogP contribution in [0.5, 0.6) is 0 Å². The zero-order valence-corrected chi connectivity index (χ0v) is 8.17. The molecule has 1 atom stereocenters. The Balaban J connectivity index is 3.25. The van der Waals surface area contributed by atoms with Crippen molar-refractivity contribution >= 4 is 11.6 Å². The molecule has 0 aliphatic rings. The third-order valence-corrected chi connectivity index (χ3v) is 2.41. The molecule has 0 N–H and O–H groups in total. The molecule has 0 aliphatic carbocycles. The van der Waals surface area contributed by atoms with Gasteiger partial charge in [-0.15, -0.1) is 6.58 Å². The van der Waals surface area contributed by atoms with Crippen molar-refractivity contribution in [2.75, 3.05) is 0 Å². The lowest BCUT2D eigenvalue weighted by Gasteiger charge is -2.08. The average molecular weight is 192 g/mol. The molecule has 0 radical (unpaired) electrons. The molecule has 1 nitrogen and oxygen atoms in total. The van der Waals surface area contributed by atoms with Crippen LogP contribution in [0, 0.1) is 11.3 Å². The standard InChI is InChI=1S/C11H10ClN/c1-3-8(2)10-6-4-5-9(7-13)11(10)12/h3-6,8H,1H2,2H3. The summed E-state index contributed by atoms with van der Waals surface area (Å²) in [6.45, 7) is 5.69. The lowest BCUT2D eigenvalue weighted by atomic mass is 9.99. The average Bonchev–Trinajstić information content (AvgIpc) is 2.17. The minimum Gasteiger partial charge on any atom is -0.192 e. The van der Waals surface area contributed by atoms with E-state index in [-0.39, 0.29) is 5.92 Å². The van der Waals surface area contributed by atoms with Crippen LogP contribution in [-0.2, 0) is 0 Å². The summed E-state index contributed by atoms with van der Waals surface area (Å²) in [6, 6.07) is 7.50. The SMILES string of the molecule is C=CC(C)c1cccc(C#N)c1Cl. The molecule has 13 heavy (non-hydrogen) atoms. The monoisotopic (exact) mass is 191 g/mol. The Morgan fingerprint density at radius 2 is 2.31 bits per heavy atom. The van der Waals surface area contributed by atoms with E-state index in [4.69, 9.17) is 16.9 Å². The summed E-state index contributed by atoms with van der Waals surface area (Å²) in [7, 11) is 0. The van der Waals surface area contributed by atoms with Crippen molar-refractivity contribution in [1.29, 1.82) is 5.26 Å². The van der Waals surface area contributed by atoms with Gasteiger partial charge < -0.3 is 0 Å². The fourth-order valence-electron chi connectivity index (χ4n) is 1.11. The first-order valence-corrected chi connectivity index (χ1v) is 4.39. The summed E-state index contributed by atoms with van der Waals surface area (Å²) in [5.41, 5.74) is 1.48. The molecule has 0 saturated heterocycles. The zero-order chi connectivity index (χ0) is 9.84. The van der Waals surface area contributed by atoms with Gasteiger partial charge in [0.1, 0.15) is 6.07 Å². The highest BCUT2D eigenvalue weighted by Gasteiger charge is 2.08. The topological polar surface area (TPSA) is 23.8 Å². The van der Waals surface area contributed by atoms with Gasteiger partial charge in [0.2, 0.25) is 0 Å². The molecule has 0 amide bonds. The summed E-state index contributed by atoms with van der Waals surface area (Å²) < 4.78 is 0. The second kappa shape index (κ2) is 4.11. The number of nitriles is 1. The van der Waals surface area contributed by atoms with Crippen molar-refractivity contribution in [3.63, 3.8) is 0 Å². The molecule has 0 aromatic heterocycles. The van der Waals surface area contributed by atoms with Gasteiger partial charge in [-0.1, -0.05) is 36.7 Å². The first kappa shape index (κ1) is 9.83. The van der Waals surface area contributed by atoms with Crippen LogP contribution in [-0.4, -0.2) is 0 Å². The fraction of sp³-hybridized carbons (Fsp3) is 0.182. The van der Waals surface area contributed by atoms with Gasteiger partial charge in [-0.05, 0) is 11.6 Å². The first-order chi connectivity index (χ1) is 6.20. The summed E-state index contributed by atoms with van der Waals surface area (Å²) >= 11 is 6.01. The number of nitrogens with zero attached hydrogens (tertiary/aromatic N) is 1. The van der Waals surface area contributed by atoms with E-state index in [0.717, 1.165) is 5.56 Å². The lowest BCUT2D eigenvalue weighted by molar-refractivity contribution is 0.970. The minimum absolute atomic E-state index is 0.181. The van der Waals surface area contributed by atoms with E-state index in [0.29, 0.717) is 10.6 Å². The summed E-state index contributed by atoms with van der Waals surface area (Å²) in [6.07, 6.45) is 1.81. The molecule has 66 valence electrons. The Morgan fingerprint density at radius 3 is 2.85 bits per heavy atom. The van der Waals surface area contributed by atoms with Crippen molar-refractivity contribution in [1.82, 2.24) is 0 Å². The number of hydrogen-bond acceptors (Lipinski definition) is 1. The van der Waals surface area contributed by atoms with E-state index < -0.39 is 0 Å². The van der Waals surface area contributed by atoms with E-state index in [1.807, 2.05) is 31.2 Å². The van der Waals surface area contributed by atoms with Crippen molar-refractivity contribution in [2.45, 2.75) is 12.8 Å². The normalized spacial score (nSPS) is 11.8. The Hall–Kier alpha value is -1.26. The maximum atomic E-state index is 8.74. The number of halogens is 1. The number of rotatable bonds is 2. The van der Waals surface area contributed by atoms with Crippen LogP contribution >= 0.6 is 11.6 Å². The van der Waals surface area contributed by atoms with Crippen LogP contribution < -0.4 is 0 Å². The summed E-state index contributed by atoms with van der Waals surface area (Å²) in [4.78, 5) is 0. The lowest BCUT2D eigenvalue weighted by Crippen LogP contribution is -1.91. The van der Waals surface area contributed by atoms with Crippen molar-refractivity contribution in [3.8, 4) is 6.07 Å². The van der Waals surface area contributed by atoms with Gasteiger partial charge in [-0.25, -0.2) is 0 Å². The van der Waals surface area contributed by atoms with Gasteiger partial charge in [0, 0.05) is 5.92 Å². The molecule has 2 heteroatoms. The Kier molecular flexibility index (Phi) is 3.11. The molecule has 0 bridgehead atoms. The van der Waals surface area contributed by atoms with Crippen LogP contribution in [0.3, 0.4) is 0 Å². The predicted octanol–water partition coefficient (Wildman–Crippen LogP) is 3.50. The number of allylic oxidation sites excluding steroid dienone is 1. The highest BCUT2D eigenvalue weighted by molar-refractivity contribution is 6.32. The van der Waals surface area contributed by atoms with E-state index in [9.17, 15) is 0 Å². The smallest absolute Gasteiger partial charge is 0.101 e. The first-order valence-electron chi connectivity index (χ1n) is 4.01.